The first-order chi connectivity index (χ1) is 14.5. The second-order valence-corrected chi connectivity index (χ2v) is 7.72. The highest BCUT2D eigenvalue weighted by atomic mass is 35.5. The van der Waals surface area contributed by atoms with Gasteiger partial charge >= 0.3 is 12.2 Å². The van der Waals surface area contributed by atoms with Crippen LogP contribution in [0.25, 0.3) is 0 Å². The number of carbonyl (C=O) groups excluding carboxylic acids is 3. The van der Waals surface area contributed by atoms with Gasteiger partial charge in [0.25, 0.3) is 5.91 Å². The molecule has 0 fully saturated rings. The average molecular weight is 452 g/mol. The van der Waals surface area contributed by atoms with Gasteiger partial charge in [0.1, 0.15) is 11.3 Å². The molecule has 1 aromatic rings. The quantitative estimate of drug-likeness (QED) is 0.468. The Hall–Kier alpha value is -3.20. The maximum Gasteiger partial charge on any atom is 0.513 e. The van der Waals surface area contributed by atoms with Crippen LogP contribution < -0.4 is 10.7 Å². The molecule has 0 radical (unpaired) electrons. The van der Waals surface area contributed by atoms with Crippen molar-refractivity contribution < 1.29 is 28.6 Å². The number of carbonyl (C=O) groups is 3. The first-order valence-electron chi connectivity index (χ1n) is 9.65. The maximum atomic E-state index is 12.8. The van der Waals surface area contributed by atoms with Gasteiger partial charge in [0.2, 0.25) is 0 Å². The minimum atomic E-state index is -0.972. The molecule has 0 saturated heterocycles. The Balaban J connectivity index is 2.40. The highest BCUT2D eigenvalue weighted by Gasteiger charge is 2.37. The maximum absolute atomic E-state index is 12.8. The van der Waals surface area contributed by atoms with Gasteiger partial charge in [0, 0.05) is 5.02 Å². The highest BCUT2D eigenvalue weighted by Crippen LogP contribution is 2.28. The fourth-order valence-electron chi connectivity index (χ4n) is 2.62. The van der Waals surface area contributed by atoms with Crippen LogP contribution in [0.1, 0.15) is 34.6 Å². The van der Waals surface area contributed by atoms with E-state index in [4.69, 9.17) is 25.8 Å². The van der Waals surface area contributed by atoms with E-state index >= 15 is 0 Å². The first kappa shape index (κ1) is 24.1. The van der Waals surface area contributed by atoms with Gasteiger partial charge in [-0.15, -0.1) is 0 Å². The van der Waals surface area contributed by atoms with Gasteiger partial charge in [0.15, 0.2) is 0 Å². The third-order valence-electron chi connectivity index (χ3n) is 3.90. The Bertz CT molecular complexity index is 895. The molecule has 1 atom stereocenters. The van der Waals surface area contributed by atoms with Gasteiger partial charge in [-0.05, 0) is 58.9 Å². The molecule has 2 rings (SSSR count). The number of rotatable bonds is 7. The summed E-state index contributed by atoms with van der Waals surface area (Å²) in [6.45, 7) is 12.2. The molecule has 1 heterocycles. The molecule has 1 aliphatic heterocycles. The number of hydrogen-bond acceptors (Lipinski definition) is 7. The lowest BCUT2D eigenvalue weighted by Gasteiger charge is -2.26. The van der Waals surface area contributed by atoms with Crippen LogP contribution in [0.4, 0.5) is 15.3 Å². The van der Waals surface area contributed by atoms with Gasteiger partial charge in [-0.25, -0.2) is 9.59 Å². The van der Waals surface area contributed by atoms with Crippen LogP contribution in [-0.2, 0) is 19.0 Å². The van der Waals surface area contributed by atoms with Crippen molar-refractivity contribution in [2.45, 2.75) is 52.9 Å². The molecule has 2 amide bonds. The number of anilines is 1. The summed E-state index contributed by atoms with van der Waals surface area (Å²) >= 11 is 5.91. The van der Waals surface area contributed by atoms with Gasteiger partial charge in [0.05, 0.1) is 29.6 Å². The molecule has 31 heavy (non-hydrogen) atoms. The molecule has 168 valence electrons. The minimum Gasteiger partial charge on any atom is -0.445 e. The molecule has 10 heteroatoms. The Morgan fingerprint density at radius 1 is 1.13 bits per heavy atom. The third kappa shape index (κ3) is 6.39. The molecule has 0 saturated carbocycles. The van der Waals surface area contributed by atoms with Crippen molar-refractivity contribution in [3.8, 4) is 0 Å². The molecule has 9 nitrogen and oxygen atoms in total. The van der Waals surface area contributed by atoms with E-state index in [9.17, 15) is 14.4 Å². The van der Waals surface area contributed by atoms with Gasteiger partial charge < -0.3 is 19.5 Å². The summed E-state index contributed by atoms with van der Waals surface area (Å²) in [6.07, 6.45) is -2.62. The van der Waals surface area contributed by atoms with Crippen molar-refractivity contribution in [2.75, 3.05) is 5.43 Å². The van der Waals surface area contributed by atoms with Crippen LogP contribution in [-0.4, -0.2) is 41.4 Å². The molecular weight excluding hydrogens is 426 g/mol. The predicted molar refractivity (Wildman–Crippen MR) is 115 cm³/mol. The molecular formula is C21H26ClN3O6. The second-order valence-electron chi connectivity index (χ2n) is 7.29. The van der Waals surface area contributed by atoms with Crippen LogP contribution in [0.5, 0.6) is 0 Å². The van der Waals surface area contributed by atoms with Crippen LogP contribution in [0.2, 0.25) is 5.02 Å². The number of nitrogens with zero attached hydrogens (tertiary/aromatic N) is 1. The summed E-state index contributed by atoms with van der Waals surface area (Å²) in [5.41, 5.74) is 3.17. The molecule has 1 aromatic carbocycles. The van der Waals surface area contributed by atoms with Crippen LogP contribution in [0.15, 0.2) is 47.9 Å². The van der Waals surface area contributed by atoms with E-state index in [1.165, 1.54) is 0 Å². The lowest BCUT2D eigenvalue weighted by atomic mass is 10.1. The number of hydrogen-bond donors (Lipinski definition) is 2. The minimum absolute atomic E-state index is 0.0131. The third-order valence-corrected chi connectivity index (χ3v) is 4.15. The van der Waals surface area contributed by atoms with Crippen LogP contribution in [0, 0.1) is 0 Å². The summed E-state index contributed by atoms with van der Waals surface area (Å²) in [5, 5.41) is 4.10. The zero-order chi connectivity index (χ0) is 23.3. The molecule has 1 aliphatic rings. The van der Waals surface area contributed by atoms with Crippen molar-refractivity contribution in [1.29, 1.82) is 0 Å². The van der Waals surface area contributed by atoms with Crippen molar-refractivity contribution in [3.63, 3.8) is 0 Å². The van der Waals surface area contributed by atoms with Gasteiger partial charge in [-0.3, -0.25) is 10.2 Å². The summed E-state index contributed by atoms with van der Waals surface area (Å²) < 4.78 is 15.5. The van der Waals surface area contributed by atoms with Crippen LogP contribution in [0.3, 0.4) is 0 Å². The number of amides is 2. The molecule has 0 aromatic heterocycles. The highest BCUT2D eigenvalue weighted by molar-refractivity contribution is 6.30. The Kier molecular flexibility index (Phi) is 7.93. The first-order valence-corrected chi connectivity index (χ1v) is 10.0. The lowest BCUT2D eigenvalue weighted by Crippen LogP contribution is -2.38. The van der Waals surface area contributed by atoms with E-state index in [2.05, 4.69) is 17.3 Å². The smallest absolute Gasteiger partial charge is 0.445 e. The summed E-state index contributed by atoms with van der Waals surface area (Å²) in [7, 11) is 0. The van der Waals surface area contributed by atoms with Crippen LogP contribution >= 0.6 is 11.6 Å². The molecule has 0 spiro atoms. The van der Waals surface area contributed by atoms with Crippen molar-refractivity contribution in [1.82, 2.24) is 10.3 Å². The fourth-order valence-corrected chi connectivity index (χ4v) is 2.75. The fraction of sp³-hybridized carbons (Fsp3) is 0.381. The Labute approximate surface area is 185 Å². The second kappa shape index (κ2) is 10.2. The number of benzene rings is 1. The Morgan fingerprint density at radius 2 is 1.71 bits per heavy atom. The summed E-state index contributed by atoms with van der Waals surface area (Å²) in [4.78, 5) is 37.4. The summed E-state index contributed by atoms with van der Waals surface area (Å²) in [5.74, 6) is -0.578. The molecule has 2 N–H and O–H groups in total. The molecule has 0 bridgehead atoms. The standard InChI is InChI=1S/C21H26ClN3O6/c1-11(2)29-20(27)25(24-16-9-7-15(22)8-10-16)14(6)17-18(13(5)23-19(17)26)31-21(28)30-12(3)4/h7-13,24H,6H2,1-5H3,(H,23,26). The molecule has 0 aliphatic carbocycles. The number of ether oxygens (including phenoxy) is 3. The average Bonchev–Trinajstić information content (AvgIpc) is 2.92. The van der Waals surface area contributed by atoms with Gasteiger partial charge in [-0.1, -0.05) is 18.2 Å². The summed E-state index contributed by atoms with van der Waals surface area (Å²) in [6, 6.07) is 5.87. The van der Waals surface area contributed by atoms with Gasteiger partial charge in [-0.2, -0.15) is 5.01 Å². The number of hydrazine groups is 1. The SMILES string of the molecule is C=C(C1=C(OC(=O)OC(C)C)C(C)NC1=O)N(Nc1ccc(Cl)cc1)C(=O)OC(C)C. The van der Waals surface area contributed by atoms with Crippen molar-refractivity contribution in [2.24, 2.45) is 0 Å². The number of halogens is 1. The predicted octanol–water partition coefficient (Wildman–Crippen LogP) is 4.36. The van der Waals surface area contributed by atoms with E-state index in [1.807, 2.05) is 0 Å². The number of nitrogens with one attached hydrogen (secondary N) is 2. The van der Waals surface area contributed by atoms with E-state index in [0.29, 0.717) is 10.7 Å². The lowest BCUT2D eigenvalue weighted by molar-refractivity contribution is -0.116. The van der Waals surface area contributed by atoms with E-state index < -0.39 is 36.4 Å². The van der Waals surface area contributed by atoms with Crippen molar-refractivity contribution >= 4 is 35.4 Å². The molecule has 1 unspecified atom stereocenters. The van der Waals surface area contributed by atoms with Crippen molar-refractivity contribution in [3.05, 3.63) is 52.9 Å². The zero-order valence-electron chi connectivity index (χ0n) is 18.0. The largest absolute Gasteiger partial charge is 0.513 e. The van der Waals surface area contributed by atoms with E-state index in [1.54, 1.807) is 58.9 Å². The normalized spacial score (nSPS) is 15.6. The topological polar surface area (TPSA) is 106 Å². The zero-order valence-corrected chi connectivity index (χ0v) is 18.8. The van der Waals surface area contributed by atoms with E-state index in [0.717, 1.165) is 5.01 Å². The van der Waals surface area contributed by atoms with E-state index in [-0.39, 0.29) is 17.0 Å². The monoisotopic (exact) mass is 451 g/mol. The Morgan fingerprint density at radius 3 is 2.26 bits per heavy atom.